The maximum Gasteiger partial charge on any atom is 0.303 e. The number of ether oxygens (including phenoxy) is 4. The van der Waals surface area contributed by atoms with Crippen LogP contribution in [0, 0.1) is 0 Å². The molecule has 2 N–H and O–H groups in total. The van der Waals surface area contributed by atoms with E-state index >= 15 is 0 Å². The van der Waals surface area contributed by atoms with Crippen molar-refractivity contribution in [3.8, 4) is 45.3 Å². The first-order chi connectivity index (χ1) is 23.8. The summed E-state index contributed by atoms with van der Waals surface area (Å²) in [7, 11) is 4.06. The zero-order chi connectivity index (χ0) is 34.6. The number of aryl methyl sites for hydroxylation is 1. The maximum absolute atomic E-state index is 11.3. The van der Waals surface area contributed by atoms with Crippen LogP contribution in [0.3, 0.4) is 0 Å². The van der Waals surface area contributed by atoms with Crippen LogP contribution in [-0.4, -0.2) is 56.3 Å². The molecule has 4 aromatic carbocycles. The summed E-state index contributed by atoms with van der Waals surface area (Å²) < 4.78 is 23.7. The normalized spacial score (nSPS) is 11.7. The molecule has 1 aliphatic heterocycles. The quantitative estimate of drug-likeness (QED) is 0.0954. The number of fused-ring (bicyclic) bond motifs is 1. The summed E-state index contributed by atoms with van der Waals surface area (Å²) in [5.41, 5.74) is 7.23. The van der Waals surface area contributed by atoms with Crippen LogP contribution in [0.2, 0.25) is 0 Å². The second kappa shape index (κ2) is 17.3. The van der Waals surface area contributed by atoms with Gasteiger partial charge in [0.2, 0.25) is 6.79 Å². The van der Waals surface area contributed by atoms with Crippen LogP contribution in [0.5, 0.6) is 23.0 Å². The molecule has 49 heavy (non-hydrogen) atoms. The average molecular weight is 668 g/mol. The Morgan fingerprint density at radius 3 is 2.18 bits per heavy atom. The van der Waals surface area contributed by atoms with E-state index in [-0.39, 0.29) is 26.2 Å². The molecule has 0 amide bonds. The maximum atomic E-state index is 11.3. The van der Waals surface area contributed by atoms with Gasteiger partial charge in [0.15, 0.2) is 11.5 Å². The number of unbranched alkanes of at least 4 members (excludes halogenated alkanes) is 3. The first-order valence-electron chi connectivity index (χ1n) is 16.9. The lowest BCUT2D eigenvalue weighted by Crippen LogP contribution is -2.13. The molecular weight excluding hydrogens is 622 g/mol. The molecule has 4 aromatic rings. The summed E-state index contributed by atoms with van der Waals surface area (Å²) in [6.45, 7) is 1.07. The zero-order valence-electron chi connectivity index (χ0n) is 28.3. The predicted molar refractivity (Wildman–Crippen MR) is 190 cm³/mol. The van der Waals surface area contributed by atoms with Gasteiger partial charge in [-0.05, 0) is 90.3 Å². The fourth-order valence-corrected chi connectivity index (χ4v) is 6.12. The van der Waals surface area contributed by atoms with Gasteiger partial charge in [0.1, 0.15) is 11.5 Å². The number of benzene rings is 4. The summed E-state index contributed by atoms with van der Waals surface area (Å²) in [4.78, 5) is 24.3. The van der Waals surface area contributed by atoms with Crippen molar-refractivity contribution in [3.05, 3.63) is 90.0 Å². The van der Waals surface area contributed by atoms with Gasteiger partial charge in [-0.25, -0.2) is 0 Å². The lowest BCUT2D eigenvalue weighted by molar-refractivity contribution is -0.138. The van der Waals surface area contributed by atoms with Crippen LogP contribution in [0.25, 0.3) is 22.3 Å². The molecular formula is C40H45NO8. The van der Waals surface area contributed by atoms with Crippen LogP contribution >= 0.6 is 0 Å². The van der Waals surface area contributed by atoms with Gasteiger partial charge in [-0.3, -0.25) is 9.59 Å². The Balaban J connectivity index is 1.23. The molecule has 0 radical (unpaired) electrons. The van der Waals surface area contributed by atoms with Crippen LogP contribution in [0.4, 0.5) is 5.69 Å². The van der Waals surface area contributed by atoms with E-state index in [4.69, 9.17) is 24.1 Å². The van der Waals surface area contributed by atoms with Crippen LogP contribution in [0.1, 0.15) is 56.1 Å². The summed E-state index contributed by atoms with van der Waals surface area (Å²) >= 11 is 0. The topological polar surface area (TPSA) is 115 Å². The Hall–Kier alpha value is -5.18. The molecule has 9 heteroatoms. The summed E-state index contributed by atoms with van der Waals surface area (Å²) in [6, 6.07) is 26.5. The molecule has 0 fully saturated rings. The van der Waals surface area contributed by atoms with Gasteiger partial charge >= 0.3 is 11.9 Å². The number of carbonyl (C=O) groups is 2. The van der Waals surface area contributed by atoms with E-state index in [1.807, 2.05) is 62.6 Å². The van der Waals surface area contributed by atoms with E-state index in [0.29, 0.717) is 25.2 Å². The summed E-state index contributed by atoms with van der Waals surface area (Å²) in [6.07, 6.45) is 5.44. The lowest BCUT2D eigenvalue weighted by Gasteiger charge is -2.23. The summed E-state index contributed by atoms with van der Waals surface area (Å²) in [5, 5.41) is 18.2. The number of hydrogen-bond donors (Lipinski definition) is 2. The fraction of sp³-hybridized carbons (Fsp3) is 0.350. The van der Waals surface area contributed by atoms with Gasteiger partial charge in [0, 0.05) is 32.5 Å². The number of aliphatic carboxylic acids is 2. The monoisotopic (exact) mass is 667 g/mol. The highest BCUT2D eigenvalue weighted by Gasteiger charge is 2.20. The molecule has 0 spiro atoms. The van der Waals surface area contributed by atoms with Crippen molar-refractivity contribution < 1.29 is 38.7 Å². The van der Waals surface area contributed by atoms with Crippen molar-refractivity contribution in [1.82, 2.24) is 0 Å². The molecule has 0 saturated carbocycles. The molecule has 258 valence electrons. The van der Waals surface area contributed by atoms with E-state index in [1.165, 1.54) is 0 Å². The van der Waals surface area contributed by atoms with E-state index in [9.17, 15) is 14.7 Å². The Bertz CT molecular complexity index is 1720. The standard InChI is InChI=1S/C40H45NO8/c1-41(2)40-33(30-18-20-35-36(25-30)49-27-48-35)24-31(28-12-7-5-8-13-28)26-37(40)47-22-9-4-3-6-14-29-15-10-16-34(32(29)19-21-39(44)45)46-23-11-17-38(42)43/h5,7-8,10,12-13,15-16,18,20,24-26H,3-4,6,9,11,14,17,19,21-23,27H2,1-2H3,(H,42,43)(H,44,45). The van der Waals surface area contributed by atoms with Crippen molar-refractivity contribution in [2.24, 2.45) is 0 Å². The van der Waals surface area contributed by atoms with Crippen molar-refractivity contribution in [1.29, 1.82) is 0 Å². The van der Waals surface area contributed by atoms with Gasteiger partial charge < -0.3 is 34.1 Å². The Kier molecular flexibility index (Phi) is 12.4. The minimum absolute atomic E-state index is 0.0105. The predicted octanol–water partition coefficient (Wildman–Crippen LogP) is 8.26. The minimum Gasteiger partial charge on any atom is -0.493 e. The lowest BCUT2D eigenvalue weighted by atomic mass is 9.96. The van der Waals surface area contributed by atoms with Crippen molar-refractivity contribution in [2.45, 2.75) is 57.8 Å². The number of anilines is 1. The van der Waals surface area contributed by atoms with E-state index in [0.717, 1.165) is 88.4 Å². The molecule has 1 heterocycles. The third kappa shape index (κ3) is 9.69. The minimum atomic E-state index is -0.862. The number of carboxylic acids is 2. The zero-order valence-corrected chi connectivity index (χ0v) is 28.3. The third-order valence-corrected chi connectivity index (χ3v) is 8.52. The van der Waals surface area contributed by atoms with Crippen LogP contribution in [0.15, 0.2) is 78.9 Å². The number of rotatable bonds is 19. The summed E-state index contributed by atoms with van der Waals surface area (Å²) in [5.74, 6) is 1.23. The number of hydrogen-bond acceptors (Lipinski definition) is 7. The SMILES string of the molecule is CN(C)c1c(OCCCCCCc2cccc(OCCCC(=O)O)c2CCC(=O)O)cc(-c2ccccc2)cc1-c1ccc2c(c1)OCO2. The van der Waals surface area contributed by atoms with E-state index in [1.54, 1.807) is 0 Å². The Morgan fingerprint density at radius 1 is 0.673 bits per heavy atom. The van der Waals surface area contributed by atoms with Crippen molar-refractivity contribution >= 4 is 17.6 Å². The molecule has 0 atom stereocenters. The first-order valence-corrected chi connectivity index (χ1v) is 16.9. The second-order valence-corrected chi connectivity index (χ2v) is 12.3. The molecule has 0 aromatic heterocycles. The van der Waals surface area contributed by atoms with Crippen LogP contribution < -0.4 is 23.8 Å². The van der Waals surface area contributed by atoms with E-state index < -0.39 is 11.9 Å². The van der Waals surface area contributed by atoms with Gasteiger partial charge in [-0.1, -0.05) is 61.4 Å². The molecule has 1 aliphatic rings. The highest BCUT2D eigenvalue weighted by atomic mass is 16.7. The highest BCUT2D eigenvalue weighted by molar-refractivity contribution is 5.88. The molecule has 9 nitrogen and oxygen atoms in total. The molecule has 0 saturated heterocycles. The molecule has 0 bridgehead atoms. The number of nitrogens with zero attached hydrogens (tertiary/aromatic N) is 1. The molecule has 0 unspecified atom stereocenters. The third-order valence-electron chi connectivity index (χ3n) is 8.52. The Labute approximate surface area is 288 Å². The number of carboxylic acid groups (broad SMARTS) is 2. The molecule has 5 rings (SSSR count). The largest absolute Gasteiger partial charge is 0.493 e. The molecule has 0 aliphatic carbocycles. The second-order valence-electron chi connectivity index (χ2n) is 12.3. The van der Waals surface area contributed by atoms with E-state index in [2.05, 4.69) is 35.2 Å². The first kappa shape index (κ1) is 35.1. The average Bonchev–Trinajstić information content (AvgIpc) is 3.57. The van der Waals surface area contributed by atoms with Crippen molar-refractivity contribution in [2.75, 3.05) is 39.0 Å². The van der Waals surface area contributed by atoms with Gasteiger partial charge in [0.05, 0.1) is 18.9 Å². The highest BCUT2D eigenvalue weighted by Crippen LogP contribution is 2.44. The van der Waals surface area contributed by atoms with Gasteiger partial charge in [-0.2, -0.15) is 0 Å². The fourth-order valence-electron chi connectivity index (χ4n) is 6.12. The van der Waals surface area contributed by atoms with Gasteiger partial charge in [-0.15, -0.1) is 0 Å². The van der Waals surface area contributed by atoms with Gasteiger partial charge in [0.25, 0.3) is 0 Å². The Morgan fingerprint density at radius 2 is 1.41 bits per heavy atom. The van der Waals surface area contributed by atoms with Crippen LogP contribution in [-0.2, 0) is 22.4 Å². The van der Waals surface area contributed by atoms with Crippen molar-refractivity contribution in [3.63, 3.8) is 0 Å². The smallest absolute Gasteiger partial charge is 0.303 e.